The fourth-order valence-corrected chi connectivity index (χ4v) is 2.84. The molecule has 102 valence electrons. The fraction of sp³-hybridized carbons (Fsp3) is 0.786. The number of aromatic nitrogens is 2. The summed E-state index contributed by atoms with van der Waals surface area (Å²) in [6.07, 6.45) is 5.69. The van der Waals surface area contributed by atoms with E-state index in [9.17, 15) is 5.11 Å². The zero-order valence-electron chi connectivity index (χ0n) is 11.6. The van der Waals surface area contributed by atoms with Crippen molar-refractivity contribution in [3.05, 3.63) is 11.4 Å². The minimum Gasteiger partial charge on any atom is -0.487 e. The van der Waals surface area contributed by atoms with E-state index in [0.29, 0.717) is 12.5 Å². The molecule has 4 nitrogen and oxygen atoms in total. The van der Waals surface area contributed by atoms with Crippen LogP contribution in [-0.2, 0) is 7.05 Å². The average Bonchev–Trinajstić information content (AvgIpc) is 2.88. The SMILES string of the molecule is Cc1nn(C)c(C)c1OCC(O)CC1CCCC1. The second kappa shape index (κ2) is 5.74. The van der Waals surface area contributed by atoms with Crippen LogP contribution in [-0.4, -0.2) is 27.6 Å². The van der Waals surface area contributed by atoms with Crippen LogP contribution in [0.1, 0.15) is 43.5 Å². The molecule has 1 aromatic rings. The van der Waals surface area contributed by atoms with E-state index in [1.165, 1.54) is 25.7 Å². The Hall–Kier alpha value is -1.03. The van der Waals surface area contributed by atoms with Crippen LogP contribution in [0.2, 0.25) is 0 Å². The van der Waals surface area contributed by atoms with Gasteiger partial charge in [-0.25, -0.2) is 0 Å². The Kier molecular flexibility index (Phi) is 4.27. The van der Waals surface area contributed by atoms with E-state index in [1.807, 2.05) is 25.6 Å². The van der Waals surface area contributed by atoms with E-state index in [1.54, 1.807) is 0 Å². The van der Waals surface area contributed by atoms with E-state index in [2.05, 4.69) is 5.10 Å². The molecule has 1 aliphatic rings. The van der Waals surface area contributed by atoms with Gasteiger partial charge in [0.2, 0.25) is 0 Å². The summed E-state index contributed by atoms with van der Waals surface area (Å²) in [7, 11) is 1.91. The molecule has 1 aromatic heterocycles. The summed E-state index contributed by atoms with van der Waals surface area (Å²) in [4.78, 5) is 0. The van der Waals surface area contributed by atoms with Crippen molar-refractivity contribution < 1.29 is 9.84 Å². The van der Waals surface area contributed by atoms with Gasteiger partial charge in [-0.15, -0.1) is 0 Å². The van der Waals surface area contributed by atoms with Crippen LogP contribution in [0.4, 0.5) is 0 Å². The monoisotopic (exact) mass is 252 g/mol. The zero-order chi connectivity index (χ0) is 13.1. The van der Waals surface area contributed by atoms with Gasteiger partial charge in [-0.05, 0) is 26.2 Å². The number of aryl methyl sites for hydroxylation is 2. The lowest BCUT2D eigenvalue weighted by Crippen LogP contribution is -2.20. The number of aliphatic hydroxyl groups is 1. The van der Waals surface area contributed by atoms with Crippen LogP contribution in [0.25, 0.3) is 0 Å². The van der Waals surface area contributed by atoms with Crippen molar-refractivity contribution in [2.75, 3.05) is 6.61 Å². The van der Waals surface area contributed by atoms with E-state index in [4.69, 9.17) is 4.74 Å². The molecule has 0 saturated heterocycles. The molecule has 1 unspecified atom stereocenters. The molecule has 0 radical (unpaired) electrons. The second-order valence-corrected chi connectivity index (χ2v) is 5.47. The van der Waals surface area contributed by atoms with E-state index < -0.39 is 0 Å². The van der Waals surface area contributed by atoms with E-state index in [-0.39, 0.29) is 6.10 Å². The summed E-state index contributed by atoms with van der Waals surface area (Å²) in [6, 6.07) is 0. The molecule has 4 heteroatoms. The third-order valence-electron chi connectivity index (χ3n) is 3.94. The van der Waals surface area contributed by atoms with Crippen LogP contribution in [0.5, 0.6) is 5.75 Å². The Balaban J connectivity index is 1.83. The number of ether oxygens (including phenoxy) is 1. The summed E-state index contributed by atoms with van der Waals surface area (Å²) in [6.45, 7) is 4.30. The van der Waals surface area contributed by atoms with Crippen molar-refractivity contribution in [1.29, 1.82) is 0 Å². The van der Waals surface area contributed by atoms with Crippen molar-refractivity contribution >= 4 is 0 Å². The molecular weight excluding hydrogens is 228 g/mol. The Labute approximate surface area is 109 Å². The van der Waals surface area contributed by atoms with Gasteiger partial charge < -0.3 is 9.84 Å². The Morgan fingerprint density at radius 3 is 2.61 bits per heavy atom. The van der Waals surface area contributed by atoms with Crippen LogP contribution in [0, 0.1) is 19.8 Å². The summed E-state index contributed by atoms with van der Waals surface area (Å²) in [5, 5.41) is 14.3. The minimum atomic E-state index is -0.355. The van der Waals surface area contributed by atoms with Crippen LogP contribution >= 0.6 is 0 Å². The van der Waals surface area contributed by atoms with Crippen LogP contribution in [0.3, 0.4) is 0 Å². The molecule has 0 aromatic carbocycles. The number of aliphatic hydroxyl groups excluding tert-OH is 1. The van der Waals surface area contributed by atoms with E-state index >= 15 is 0 Å². The van der Waals surface area contributed by atoms with Gasteiger partial charge in [0, 0.05) is 7.05 Å². The first-order chi connectivity index (χ1) is 8.58. The molecule has 2 rings (SSSR count). The molecule has 1 aliphatic carbocycles. The Morgan fingerprint density at radius 2 is 2.06 bits per heavy atom. The highest BCUT2D eigenvalue weighted by Crippen LogP contribution is 2.29. The largest absolute Gasteiger partial charge is 0.487 e. The quantitative estimate of drug-likeness (QED) is 0.875. The van der Waals surface area contributed by atoms with Gasteiger partial charge in [0.25, 0.3) is 0 Å². The first-order valence-corrected chi connectivity index (χ1v) is 6.89. The second-order valence-electron chi connectivity index (χ2n) is 5.47. The minimum absolute atomic E-state index is 0.355. The smallest absolute Gasteiger partial charge is 0.163 e. The number of nitrogens with zero attached hydrogens (tertiary/aromatic N) is 2. The van der Waals surface area contributed by atoms with Gasteiger partial charge in [-0.2, -0.15) is 5.10 Å². The molecular formula is C14H24N2O2. The lowest BCUT2D eigenvalue weighted by atomic mass is 10.0. The highest BCUT2D eigenvalue weighted by molar-refractivity contribution is 5.31. The van der Waals surface area contributed by atoms with Gasteiger partial charge in [0.15, 0.2) is 5.75 Å². The lowest BCUT2D eigenvalue weighted by molar-refractivity contribution is 0.0849. The lowest BCUT2D eigenvalue weighted by Gasteiger charge is -2.16. The number of hydrogen-bond acceptors (Lipinski definition) is 3. The van der Waals surface area contributed by atoms with Crippen molar-refractivity contribution in [3.63, 3.8) is 0 Å². The Bertz CT molecular complexity index is 395. The predicted molar refractivity (Wildman–Crippen MR) is 70.8 cm³/mol. The maximum Gasteiger partial charge on any atom is 0.163 e. The fourth-order valence-electron chi connectivity index (χ4n) is 2.84. The van der Waals surface area contributed by atoms with Crippen molar-refractivity contribution in [2.24, 2.45) is 13.0 Å². The average molecular weight is 252 g/mol. The van der Waals surface area contributed by atoms with Gasteiger partial charge >= 0.3 is 0 Å². The first-order valence-electron chi connectivity index (χ1n) is 6.89. The molecule has 0 aliphatic heterocycles. The molecule has 1 heterocycles. The standard InChI is InChI=1S/C14H24N2O2/c1-10-14(11(2)16(3)15-10)18-9-13(17)8-12-6-4-5-7-12/h12-13,17H,4-9H2,1-3H3. The van der Waals surface area contributed by atoms with Crippen molar-refractivity contribution in [3.8, 4) is 5.75 Å². The Morgan fingerprint density at radius 1 is 1.39 bits per heavy atom. The third kappa shape index (κ3) is 3.05. The summed E-state index contributed by atoms with van der Waals surface area (Å²) in [5.74, 6) is 1.52. The number of rotatable bonds is 5. The first kappa shape index (κ1) is 13.4. The highest BCUT2D eigenvalue weighted by Gasteiger charge is 2.20. The van der Waals surface area contributed by atoms with Gasteiger partial charge in [-0.1, -0.05) is 25.7 Å². The molecule has 0 amide bonds. The summed E-state index contributed by atoms with van der Waals surface area (Å²) >= 11 is 0. The van der Waals surface area contributed by atoms with Crippen LogP contribution in [0.15, 0.2) is 0 Å². The maximum absolute atomic E-state index is 10.0. The molecule has 1 fully saturated rings. The van der Waals surface area contributed by atoms with Crippen LogP contribution < -0.4 is 4.74 Å². The maximum atomic E-state index is 10.0. The van der Waals surface area contributed by atoms with Gasteiger partial charge in [-0.3, -0.25) is 4.68 Å². The van der Waals surface area contributed by atoms with E-state index in [0.717, 1.165) is 23.6 Å². The number of hydrogen-bond donors (Lipinski definition) is 1. The normalized spacial score (nSPS) is 18.2. The topological polar surface area (TPSA) is 47.3 Å². The predicted octanol–water partition coefficient (Wildman–Crippen LogP) is 2.36. The van der Waals surface area contributed by atoms with Gasteiger partial charge in [0.1, 0.15) is 12.3 Å². The van der Waals surface area contributed by atoms with Crippen molar-refractivity contribution in [1.82, 2.24) is 9.78 Å². The molecule has 1 saturated carbocycles. The third-order valence-corrected chi connectivity index (χ3v) is 3.94. The highest BCUT2D eigenvalue weighted by atomic mass is 16.5. The van der Waals surface area contributed by atoms with Crippen molar-refractivity contribution in [2.45, 2.75) is 52.1 Å². The molecule has 0 bridgehead atoms. The molecule has 0 spiro atoms. The zero-order valence-corrected chi connectivity index (χ0v) is 11.6. The molecule has 1 atom stereocenters. The summed E-state index contributed by atoms with van der Waals surface area (Å²) < 4.78 is 7.54. The molecule has 18 heavy (non-hydrogen) atoms. The summed E-state index contributed by atoms with van der Waals surface area (Å²) in [5.41, 5.74) is 1.91. The van der Waals surface area contributed by atoms with Gasteiger partial charge in [0.05, 0.1) is 11.8 Å². The molecule has 1 N–H and O–H groups in total.